The first-order valence-corrected chi connectivity index (χ1v) is 5.90. The van der Waals surface area contributed by atoms with E-state index in [0.717, 1.165) is 12.2 Å². The monoisotopic (exact) mass is 235 g/mol. The zero-order chi connectivity index (χ0) is 12.9. The molecule has 0 fully saturated rings. The Morgan fingerprint density at radius 1 is 1.35 bits per heavy atom. The van der Waals surface area contributed by atoms with Crippen molar-refractivity contribution in [2.45, 2.75) is 27.7 Å². The van der Waals surface area contributed by atoms with Gasteiger partial charge < -0.3 is 10.6 Å². The van der Waals surface area contributed by atoms with Gasteiger partial charge in [0.15, 0.2) is 0 Å². The Balaban J connectivity index is 2.57. The molecule has 0 saturated carbocycles. The molecule has 0 spiro atoms. The van der Waals surface area contributed by atoms with Crippen molar-refractivity contribution in [1.29, 1.82) is 0 Å². The molecule has 1 rings (SSSR count). The van der Waals surface area contributed by atoms with Crippen molar-refractivity contribution >= 4 is 11.6 Å². The molecular weight excluding hydrogens is 214 g/mol. The van der Waals surface area contributed by atoms with E-state index in [2.05, 4.69) is 36.4 Å². The molecule has 0 bridgehead atoms. The lowest BCUT2D eigenvalue weighted by Gasteiger charge is -2.18. The minimum Gasteiger partial charge on any atom is -0.384 e. The van der Waals surface area contributed by atoms with Crippen LogP contribution in [0.3, 0.4) is 0 Å². The van der Waals surface area contributed by atoms with Crippen LogP contribution in [-0.2, 0) is 0 Å². The number of aromatic nitrogens is 1. The average Bonchev–Trinajstić information content (AvgIpc) is 2.26. The Labute approximate surface area is 103 Å². The van der Waals surface area contributed by atoms with Crippen molar-refractivity contribution in [3.63, 3.8) is 0 Å². The molecule has 1 aromatic rings. The van der Waals surface area contributed by atoms with Gasteiger partial charge in [-0.3, -0.25) is 4.79 Å². The van der Waals surface area contributed by atoms with Crippen molar-refractivity contribution in [1.82, 2.24) is 10.3 Å². The van der Waals surface area contributed by atoms with Crippen molar-refractivity contribution in [3.8, 4) is 0 Å². The van der Waals surface area contributed by atoms with Crippen LogP contribution in [0, 0.1) is 5.41 Å². The van der Waals surface area contributed by atoms with Crippen LogP contribution in [0.2, 0.25) is 0 Å². The van der Waals surface area contributed by atoms with Gasteiger partial charge in [-0.1, -0.05) is 20.8 Å². The SMILES string of the molecule is CCNc1ccc(C(=O)NCC(C)(C)C)nc1. The summed E-state index contributed by atoms with van der Waals surface area (Å²) < 4.78 is 0. The number of nitrogens with one attached hydrogen (secondary N) is 2. The molecule has 0 aliphatic rings. The lowest BCUT2D eigenvalue weighted by atomic mass is 9.97. The molecule has 94 valence electrons. The maximum absolute atomic E-state index is 11.8. The van der Waals surface area contributed by atoms with Crippen LogP contribution < -0.4 is 10.6 Å². The van der Waals surface area contributed by atoms with E-state index in [1.54, 1.807) is 12.3 Å². The van der Waals surface area contributed by atoms with Gasteiger partial charge in [0.25, 0.3) is 5.91 Å². The molecule has 1 heterocycles. The van der Waals surface area contributed by atoms with Gasteiger partial charge in [-0.2, -0.15) is 0 Å². The highest BCUT2D eigenvalue weighted by Crippen LogP contribution is 2.11. The molecule has 0 aliphatic heterocycles. The molecule has 0 atom stereocenters. The lowest BCUT2D eigenvalue weighted by molar-refractivity contribution is 0.0934. The van der Waals surface area contributed by atoms with E-state index in [1.807, 2.05) is 13.0 Å². The number of pyridine rings is 1. The van der Waals surface area contributed by atoms with Crippen LogP contribution in [0.25, 0.3) is 0 Å². The highest BCUT2D eigenvalue weighted by molar-refractivity contribution is 5.92. The zero-order valence-corrected chi connectivity index (χ0v) is 11.0. The summed E-state index contributed by atoms with van der Waals surface area (Å²) >= 11 is 0. The van der Waals surface area contributed by atoms with E-state index >= 15 is 0 Å². The summed E-state index contributed by atoms with van der Waals surface area (Å²) in [6.45, 7) is 9.74. The number of rotatable bonds is 4. The van der Waals surface area contributed by atoms with E-state index < -0.39 is 0 Å². The van der Waals surface area contributed by atoms with E-state index in [1.165, 1.54) is 0 Å². The molecule has 0 unspecified atom stereocenters. The topological polar surface area (TPSA) is 54.0 Å². The van der Waals surface area contributed by atoms with Gasteiger partial charge in [-0.05, 0) is 24.5 Å². The smallest absolute Gasteiger partial charge is 0.269 e. The summed E-state index contributed by atoms with van der Waals surface area (Å²) in [6.07, 6.45) is 1.68. The van der Waals surface area contributed by atoms with E-state index in [-0.39, 0.29) is 11.3 Å². The standard InChI is InChI=1S/C13H21N3O/c1-5-14-10-6-7-11(15-8-10)12(17)16-9-13(2,3)4/h6-8,14H,5,9H2,1-4H3,(H,16,17). The van der Waals surface area contributed by atoms with Gasteiger partial charge in [0, 0.05) is 13.1 Å². The second-order valence-electron chi connectivity index (χ2n) is 5.21. The zero-order valence-electron chi connectivity index (χ0n) is 11.0. The van der Waals surface area contributed by atoms with Crippen LogP contribution in [0.15, 0.2) is 18.3 Å². The van der Waals surface area contributed by atoms with E-state index in [4.69, 9.17) is 0 Å². The van der Waals surface area contributed by atoms with Crippen molar-refractivity contribution in [3.05, 3.63) is 24.0 Å². The van der Waals surface area contributed by atoms with Crippen LogP contribution in [0.1, 0.15) is 38.2 Å². The fourth-order valence-electron chi connectivity index (χ4n) is 1.27. The third-order valence-electron chi connectivity index (χ3n) is 2.16. The number of carbonyl (C=O) groups excluding carboxylic acids is 1. The molecule has 1 amide bonds. The molecule has 0 aromatic carbocycles. The fraction of sp³-hybridized carbons (Fsp3) is 0.538. The molecule has 17 heavy (non-hydrogen) atoms. The Kier molecular flexibility index (Phi) is 4.49. The number of anilines is 1. The average molecular weight is 235 g/mol. The summed E-state index contributed by atoms with van der Waals surface area (Å²) in [4.78, 5) is 15.9. The van der Waals surface area contributed by atoms with E-state index in [9.17, 15) is 4.79 Å². The van der Waals surface area contributed by atoms with Gasteiger partial charge in [-0.15, -0.1) is 0 Å². The largest absolute Gasteiger partial charge is 0.384 e. The van der Waals surface area contributed by atoms with Crippen LogP contribution in [0.5, 0.6) is 0 Å². The first-order chi connectivity index (χ1) is 7.92. The first kappa shape index (κ1) is 13.5. The minimum atomic E-state index is -0.122. The summed E-state index contributed by atoms with van der Waals surface area (Å²) in [5, 5.41) is 6.00. The number of hydrogen-bond donors (Lipinski definition) is 2. The normalized spacial score (nSPS) is 11.1. The van der Waals surface area contributed by atoms with Crippen LogP contribution in [0.4, 0.5) is 5.69 Å². The summed E-state index contributed by atoms with van der Waals surface area (Å²) in [5.74, 6) is -0.122. The highest BCUT2D eigenvalue weighted by atomic mass is 16.1. The van der Waals surface area contributed by atoms with Gasteiger partial charge in [0.2, 0.25) is 0 Å². The summed E-state index contributed by atoms with van der Waals surface area (Å²) in [7, 11) is 0. The van der Waals surface area contributed by atoms with Gasteiger partial charge in [0.05, 0.1) is 11.9 Å². The maximum atomic E-state index is 11.8. The van der Waals surface area contributed by atoms with Crippen molar-refractivity contribution < 1.29 is 4.79 Å². The number of amides is 1. The molecule has 0 aliphatic carbocycles. The Morgan fingerprint density at radius 3 is 2.53 bits per heavy atom. The maximum Gasteiger partial charge on any atom is 0.269 e. The third kappa shape index (κ3) is 4.85. The van der Waals surface area contributed by atoms with Crippen LogP contribution in [-0.4, -0.2) is 24.0 Å². The minimum absolute atomic E-state index is 0.0827. The van der Waals surface area contributed by atoms with Gasteiger partial charge in [0.1, 0.15) is 5.69 Å². The number of nitrogens with zero attached hydrogens (tertiary/aromatic N) is 1. The quantitative estimate of drug-likeness (QED) is 0.842. The molecule has 0 saturated heterocycles. The van der Waals surface area contributed by atoms with Crippen LogP contribution >= 0.6 is 0 Å². The fourth-order valence-corrected chi connectivity index (χ4v) is 1.27. The van der Waals surface area contributed by atoms with Gasteiger partial charge in [-0.25, -0.2) is 4.98 Å². The molecule has 1 aromatic heterocycles. The van der Waals surface area contributed by atoms with E-state index in [0.29, 0.717) is 12.2 Å². The highest BCUT2D eigenvalue weighted by Gasteiger charge is 2.13. The number of carbonyl (C=O) groups is 1. The summed E-state index contributed by atoms with van der Waals surface area (Å²) in [6, 6.07) is 3.60. The lowest BCUT2D eigenvalue weighted by Crippen LogP contribution is -2.32. The first-order valence-electron chi connectivity index (χ1n) is 5.90. The Bertz CT molecular complexity index is 365. The Hall–Kier alpha value is -1.58. The molecular formula is C13H21N3O. The molecule has 4 heteroatoms. The van der Waals surface area contributed by atoms with Crippen molar-refractivity contribution in [2.24, 2.45) is 5.41 Å². The molecule has 4 nitrogen and oxygen atoms in total. The van der Waals surface area contributed by atoms with Crippen molar-refractivity contribution in [2.75, 3.05) is 18.4 Å². The predicted molar refractivity (Wildman–Crippen MR) is 70.2 cm³/mol. The third-order valence-corrected chi connectivity index (χ3v) is 2.16. The van der Waals surface area contributed by atoms with Gasteiger partial charge >= 0.3 is 0 Å². The Morgan fingerprint density at radius 2 is 2.06 bits per heavy atom. The second kappa shape index (κ2) is 5.66. The summed E-state index contributed by atoms with van der Waals surface area (Å²) in [5.41, 5.74) is 1.47. The predicted octanol–water partition coefficient (Wildman–Crippen LogP) is 2.29. The number of hydrogen-bond acceptors (Lipinski definition) is 3. The molecule has 2 N–H and O–H groups in total. The molecule has 0 radical (unpaired) electrons. The second-order valence-corrected chi connectivity index (χ2v) is 5.21.